The Bertz CT molecular complexity index is 657. The van der Waals surface area contributed by atoms with Crippen LogP contribution in [0.25, 0.3) is 11.3 Å². The summed E-state index contributed by atoms with van der Waals surface area (Å²) in [6.07, 6.45) is 5.73. The number of aliphatic hydroxyl groups is 1. The first-order valence-corrected chi connectivity index (χ1v) is 8.41. The molecule has 2 unspecified atom stereocenters. The summed E-state index contributed by atoms with van der Waals surface area (Å²) in [5, 5.41) is 15.1. The summed E-state index contributed by atoms with van der Waals surface area (Å²) in [7, 11) is 0. The van der Waals surface area contributed by atoms with Crippen molar-refractivity contribution in [3.63, 3.8) is 0 Å². The van der Waals surface area contributed by atoms with E-state index in [1.807, 2.05) is 30.3 Å². The number of oxazole rings is 1. The van der Waals surface area contributed by atoms with Crippen molar-refractivity contribution in [2.45, 2.75) is 38.3 Å². The molecule has 0 bridgehead atoms. The van der Waals surface area contributed by atoms with Crippen LogP contribution in [0.1, 0.15) is 31.6 Å². The molecule has 6 heteroatoms. The Morgan fingerprint density at radius 1 is 1.25 bits per heavy atom. The fraction of sp³-hybridized carbons (Fsp3) is 0.444. The van der Waals surface area contributed by atoms with E-state index in [4.69, 9.17) is 4.42 Å². The summed E-state index contributed by atoms with van der Waals surface area (Å²) in [6.45, 7) is 0.348. The van der Waals surface area contributed by atoms with Crippen molar-refractivity contribution in [2.24, 2.45) is 5.92 Å². The minimum atomic E-state index is -0.250. The number of hydrogen-bond donors (Lipinski definition) is 3. The predicted octanol–water partition coefficient (Wildman–Crippen LogP) is 2.69. The fourth-order valence-corrected chi connectivity index (χ4v) is 3.12. The summed E-state index contributed by atoms with van der Waals surface area (Å²) in [4.78, 5) is 16.2. The molecule has 1 aromatic heterocycles. The van der Waals surface area contributed by atoms with Gasteiger partial charge in [0.15, 0.2) is 5.76 Å². The molecule has 0 saturated heterocycles. The van der Waals surface area contributed by atoms with Crippen molar-refractivity contribution in [1.29, 1.82) is 0 Å². The molecule has 24 heavy (non-hydrogen) atoms. The van der Waals surface area contributed by atoms with E-state index in [9.17, 15) is 9.90 Å². The monoisotopic (exact) mass is 329 g/mol. The highest BCUT2D eigenvalue weighted by molar-refractivity contribution is 5.74. The number of aliphatic hydroxyl groups excluding tert-OH is 1. The molecule has 1 aliphatic rings. The van der Waals surface area contributed by atoms with Crippen LogP contribution in [0.2, 0.25) is 0 Å². The van der Waals surface area contributed by atoms with E-state index in [2.05, 4.69) is 15.6 Å². The smallest absolute Gasteiger partial charge is 0.315 e. The number of amides is 2. The van der Waals surface area contributed by atoms with Gasteiger partial charge < -0.3 is 20.2 Å². The van der Waals surface area contributed by atoms with Crippen LogP contribution in [0.5, 0.6) is 0 Å². The number of aromatic nitrogens is 1. The highest BCUT2D eigenvalue weighted by Crippen LogP contribution is 2.24. The second kappa shape index (κ2) is 7.97. The second-order valence-corrected chi connectivity index (χ2v) is 6.14. The number of nitrogens with one attached hydrogen (secondary N) is 2. The van der Waals surface area contributed by atoms with E-state index < -0.39 is 0 Å². The molecule has 2 atom stereocenters. The van der Waals surface area contributed by atoms with E-state index in [0.29, 0.717) is 11.7 Å². The first kappa shape index (κ1) is 16.5. The normalized spacial score (nSPS) is 20.5. The Balaban J connectivity index is 1.50. The van der Waals surface area contributed by atoms with Gasteiger partial charge in [-0.05, 0) is 12.8 Å². The summed E-state index contributed by atoms with van der Waals surface area (Å²) in [5.41, 5.74) is 0.952. The highest BCUT2D eigenvalue weighted by atomic mass is 16.4. The van der Waals surface area contributed by atoms with Crippen molar-refractivity contribution in [3.05, 3.63) is 42.4 Å². The van der Waals surface area contributed by atoms with Crippen LogP contribution in [0.3, 0.4) is 0 Å². The van der Waals surface area contributed by atoms with Gasteiger partial charge in [0.1, 0.15) is 0 Å². The average Bonchev–Trinajstić information content (AvgIpc) is 3.10. The second-order valence-electron chi connectivity index (χ2n) is 6.14. The standard InChI is InChI=1S/C18H23N3O3/c22-12-14-8-4-5-9-15(14)21-18(23)20-11-17-19-10-16(24-17)13-6-2-1-3-7-13/h1-3,6-7,10,14-15,22H,4-5,8-9,11-12H2,(H2,20,21,23). The number of carbonyl (C=O) groups excluding carboxylic acids is 1. The Hall–Kier alpha value is -2.34. The lowest BCUT2D eigenvalue weighted by molar-refractivity contribution is 0.153. The maximum atomic E-state index is 12.0. The van der Waals surface area contributed by atoms with Gasteiger partial charge in [-0.2, -0.15) is 0 Å². The fourth-order valence-electron chi connectivity index (χ4n) is 3.12. The third kappa shape index (κ3) is 4.14. The third-order valence-corrected chi connectivity index (χ3v) is 4.47. The summed E-state index contributed by atoms with van der Waals surface area (Å²) < 4.78 is 5.66. The molecule has 3 rings (SSSR count). The van der Waals surface area contributed by atoms with Crippen LogP contribution in [0.4, 0.5) is 4.79 Å². The summed E-state index contributed by atoms with van der Waals surface area (Å²) >= 11 is 0. The number of rotatable bonds is 5. The quantitative estimate of drug-likeness (QED) is 0.787. The molecule has 0 spiro atoms. The molecule has 1 heterocycles. The molecule has 1 saturated carbocycles. The number of nitrogens with zero attached hydrogens (tertiary/aromatic N) is 1. The lowest BCUT2D eigenvalue weighted by atomic mass is 9.85. The topological polar surface area (TPSA) is 87.4 Å². The molecule has 2 amide bonds. The summed E-state index contributed by atoms with van der Waals surface area (Å²) in [5.74, 6) is 1.29. The lowest BCUT2D eigenvalue weighted by Crippen LogP contribution is -2.47. The minimum absolute atomic E-state index is 0.0354. The van der Waals surface area contributed by atoms with Gasteiger partial charge in [0.25, 0.3) is 0 Å². The zero-order valence-electron chi connectivity index (χ0n) is 13.6. The minimum Gasteiger partial charge on any atom is -0.439 e. The Kier molecular flexibility index (Phi) is 5.48. The van der Waals surface area contributed by atoms with Crippen molar-refractivity contribution in [1.82, 2.24) is 15.6 Å². The first-order valence-electron chi connectivity index (χ1n) is 8.41. The third-order valence-electron chi connectivity index (χ3n) is 4.47. The maximum Gasteiger partial charge on any atom is 0.315 e. The molecule has 2 aromatic rings. The lowest BCUT2D eigenvalue weighted by Gasteiger charge is -2.30. The average molecular weight is 329 g/mol. The van der Waals surface area contributed by atoms with E-state index in [0.717, 1.165) is 31.2 Å². The molecular formula is C18H23N3O3. The number of hydrogen-bond acceptors (Lipinski definition) is 4. The van der Waals surface area contributed by atoms with Crippen molar-refractivity contribution >= 4 is 6.03 Å². The van der Waals surface area contributed by atoms with Crippen LogP contribution >= 0.6 is 0 Å². The Morgan fingerprint density at radius 3 is 2.83 bits per heavy atom. The molecule has 6 nitrogen and oxygen atoms in total. The molecule has 0 radical (unpaired) electrons. The number of urea groups is 1. The molecule has 0 aliphatic heterocycles. The molecule has 128 valence electrons. The summed E-state index contributed by atoms with van der Waals surface area (Å²) in [6, 6.07) is 9.49. The highest BCUT2D eigenvalue weighted by Gasteiger charge is 2.25. The number of benzene rings is 1. The Morgan fingerprint density at radius 2 is 2.04 bits per heavy atom. The van der Waals surface area contributed by atoms with E-state index in [1.165, 1.54) is 0 Å². The zero-order valence-corrected chi connectivity index (χ0v) is 13.6. The van der Waals surface area contributed by atoms with Gasteiger partial charge in [0, 0.05) is 24.1 Å². The van der Waals surface area contributed by atoms with E-state index >= 15 is 0 Å². The van der Waals surface area contributed by atoms with Crippen molar-refractivity contribution in [3.8, 4) is 11.3 Å². The molecule has 1 fully saturated rings. The van der Waals surface area contributed by atoms with Gasteiger partial charge in [0.2, 0.25) is 5.89 Å². The zero-order chi connectivity index (χ0) is 16.8. The molecule has 3 N–H and O–H groups in total. The Labute approximate surface area is 141 Å². The van der Waals surface area contributed by atoms with Crippen LogP contribution in [-0.2, 0) is 6.54 Å². The van der Waals surface area contributed by atoms with Gasteiger partial charge in [-0.25, -0.2) is 9.78 Å². The van der Waals surface area contributed by atoms with Gasteiger partial charge in [0.05, 0.1) is 12.7 Å². The SMILES string of the molecule is O=C(NCc1ncc(-c2ccccc2)o1)NC1CCCCC1CO. The van der Waals surface area contributed by atoms with Crippen LogP contribution in [-0.4, -0.2) is 28.8 Å². The largest absolute Gasteiger partial charge is 0.439 e. The molecular weight excluding hydrogens is 306 g/mol. The van der Waals surface area contributed by atoms with E-state index in [1.54, 1.807) is 6.20 Å². The van der Waals surface area contributed by atoms with Crippen LogP contribution in [0.15, 0.2) is 40.9 Å². The van der Waals surface area contributed by atoms with Gasteiger partial charge >= 0.3 is 6.03 Å². The maximum absolute atomic E-state index is 12.0. The predicted molar refractivity (Wildman–Crippen MR) is 90.1 cm³/mol. The van der Waals surface area contributed by atoms with Gasteiger partial charge in [-0.3, -0.25) is 0 Å². The van der Waals surface area contributed by atoms with Gasteiger partial charge in [-0.1, -0.05) is 43.2 Å². The van der Waals surface area contributed by atoms with E-state index in [-0.39, 0.29) is 31.1 Å². The van der Waals surface area contributed by atoms with Crippen molar-refractivity contribution in [2.75, 3.05) is 6.61 Å². The number of carbonyl (C=O) groups is 1. The first-order chi connectivity index (χ1) is 11.8. The van der Waals surface area contributed by atoms with Crippen molar-refractivity contribution < 1.29 is 14.3 Å². The van der Waals surface area contributed by atoms with Gasteiger partial charge in [-0.15, -0.1) is 0 Å². The molecule has 1 aromatic carbocycles. The van der Waals surface area contributed by atoms with Crippen LogP contribution in [0, 0.1) is 5.92 Å². The van der Waals surface area contributed by atoms with Crippen LogP contribution < -0.4 is 10.6 Å². The molecule has 1 aliphatic carbocycles.